The molecule has 0 unspecified atom stereocenters. The Kier molecular flexibility index (Phi) is 7.94. The van der Waals surface area contributed by atoms with Gasteiger partial charge in [-0.15, -0.1) is 0 Å². The number of carbonyl (C=O) groups is 2. The molecule has 3 aromatic carbocycles. The maximum absolute atomic E-state index is 12.7. The van der Waals surface area contributed by atoms with Crippen molar-refractivity contribution in [2.45, 2.75) is 13.8 Å². The van der Waals surface area contributed by atoms with Gasteiger partial charge in [-0.25, -0.2) is 0 Å². The summed E-state index contributed by atoms with van der Waals surface area (Å²) in [5.74, 6) is 0.475. The molecular weight excluding hydrogens is 422 g/mol. The Balaban J connectivity index is 1.61. The molecule has 2 amide bonds. The topological polar surface area (TPSA) is 79.5 Å². The molecule has 7 heteroatoms. The van der Waals surface area contributed by atoms with Crippen molar-refractivity contribution in [3.63, 3.8) is 0 Å². The second kappa shape index (κ2) is 11.1. The maximum atomic E-state index is 12.7. The molecule has 32 heavy (non-hydrogen) atoms. The Bertz CT molecular complexity index is 1080. The summed E-state index contributed by atoms with van der Waals surface area (Å²) in [4.78, 5) is 25.2. The van der Waals surface area contributed by atoms with Gasteiger partial charge >= 0.3 is 0 Å². The summed E-state index contributed by atoms with van der Waals surface area (Å²) >= 11 is 5.28. The number of nitrogens with one attached hydrogen (secondary N) is 3. The van der Waals surface area contributed by atoms with Crippen LogP contribution >= 0.6 is 12.2 Å². The van der Waals surface area contributed by atoms with Crippen LogP contribution in [-0.2, 0) is 0 Å². The monoisotopic (exact) mass is 447 g/mol. The molecule has 0 atom stereocenters. The van der Waals surface area contributed by atoms with Crippen LogP contribution in [-0.4, -0.2) is 23.5 Å². The fourth-order valence-corrected chi connectivity index (χ4v) is 3.01. The molecule has 0 aliphatic heterocycles. The van der Waals surface area contributed by atoms with Crippen molar-refractivity contribution in [1.82, 2.24) is 5.32 Å². The minimum atomic E-state index is -0.357. The average molecular weight is 448 g/mol. The summed E-state index contributed by atoms with van der Waals surface area (Å²) in [7, 11) is 0. The number of benzene rings is 3. The van der Waals surface area contributed by atoms with Gasteiger partial charge in [-0.05, 0) is 66.7 Å². The number of carbonyl (C=O) groups excluding carboxylic acids is 2. The molecule has 0 heterocycles. The third-order valence-electron chi connectivity index (χ3n) is 4.38. The van der Waals surface area contributed by atoms with Crippen LogP contribution in [0.4, 0.5) is 11.4 Å². The molecule has 164 valence electrons. The van der Waals surface area contributed by atoms with E-state index < -0.39 is 0 Å². The third-order valence-corrected chi connectivity index (χ3v) is 4.58. The molecule has 0 aliphatic carbocycles. The maximum Gasteiger partial charge on any atom is 0.257 e. The Morgan fingerprint density at radius 1 is 0.844 bits per heavy atom. The highest BCUT2D eigenvalue weighted by Crippen LogP contribution is 2.18. The van der Waals surface area contributed by atoms with Gasteiger partial charge in [0.2, 0.25) is 0 Å². The quantitative estimate of drug-likeness (QED) is 0.439. The molecule has 0 aromatic heterocycles. The zero-order valence-electron chi connectivity index (χ0n) is 17.9. The SMILES string of the molecule is CC(C)COc1ccc(C(=O)NC(=S)Nc2ccccc2C(=O)Nc2ccccc2)cc1. The van der Waals surface area contributed by atoms with Crippen molar-refractivity contribution in [1.29, 1.82) is 0 Å². The third kappa shape index (κ3) is 6.65. The fourth-order valence-electron chi connectivity index (χ4n) is 2.80. The summed E-state index contributed by atoms with van der Waals surface area (Å²) in [6, 6.07) is 22.9. The van der Waals surface area contributed by atoms with E-state index in [1.165, 1.54) is 0 Å². The Labute approximate surface area is 193 Å². The molecule has 0 saturated carbocycles. The van der Waals surface area contributed by atoms with Crippen molar-refractivity contribution in [2.75, 3.05) is 17.2 Å². The highest BCUT2D eigenvalue weighted by atomic mass is 32.1. The molecule has 3 N–H and O–H groups in total. The minimum Gasteiger partial charge on any atom is -0.493 e. The normalized spacial score (nSPS) is 10.3. The first-order chi connectivity index (χ1) is 15.4. The molecule has 3 aromatic rings. The van der Waals surface area contributed by atoms with Gasteiger partial charge in [-0.1, -0.05) is 44.2 Å². The van der Waals surface area contributed by atoms with Crippen LogP contribution in [0.2, 0.25) is 0 Å². The van der Waals surface area contributed by atoms with E-state index >= 15 is 0 Å². The zero-order chi connectivity index (χ0) is 22.9. The Hall–Kier alpha value is -3.71. The number of para-hydroxylation sites is 2. The fraction of sp³-hybridized carbons (Fsp3) is 0.160. The van der Waals surface area contributed by atoms with Gasteiger partial charge in [0.05, 0.1) is 17.9 Å². The standard InChI is InChI=1S/C25H25N3O3S/c1-17(2)16-31-20-14-12-18(13-15-20)23(29)28-25(32)27-22-11-7-6-10-21(22)24(30)26-19-8-4-3-5-9-19/h3-15,17H,16H2,1-2H3,(H,26,30)(H2,27,28,29,32). The molecule has 0 radical (unpaired) electrons. The Morgan fingerprint density at radius 2 is 1.50 bits per heavy atom. The number of amides is 2. The highest BCUT2D eigenvalue weighted by molar-refractivity contribution is 7.80. The van der Waals surface area contributed by atoms with Gasteiger partial charge in [0.1, 0.15) is 5.75 Å². The molecule has 0 bridgehead atoms. The molecule has 3 rings (SSSR count). The van der Waals surface area contributed by atoms with Crippen LogP contribution in [0, 0.1) is 5.92 Å². The molecule has 0 fully saturated rings. The number of ether oxygens (including phenoxy) is 1. The van der Waals surface area contributed by atoms with E-state index in [1.54, 1.807) is 60.7 Å². The van der Waals surface area contributed by atoms with E-state index in [9.17, 15) is 9.59 Å². The van der Waals surface area contributed by atoms with Crippen LogP contribution in [0.1, 0.15) is 34.6 Å². The smallest absolute Gasteiger partial charge is 0.257 e. The first-order valence-corrected chi connectivity index (χ1v) is 10.6. The van der Waals surface area contributed by atoms with E-state index in [2.05, 4.69) is 29.8 Å². The lowest BCUT2D eigenvalue weighted by Gasteiger charge is -2.14. The van der Waals surface area contributed by atoms with Crippen LogP contribution < -0.4 is 20.7 Å². The van der Waals surface area contributed by atoms with Crippen molar-refractivity contribution >= 4 is 40.5 Å². The largest absolute Gasteiger partial charge is 0.493 e. The van der Waals surface area contributed by atoms with Gasteiger partial charge < -0.3 is 15.4 Å². The van der Waals surface area contributed by atoms with Crippen LogP contribution in [0.5, 0.6) is 5.75 Å². The van der Waals surface area contributed by atoms with Gasteiger partial charge in [0.15, 0.2) is 5.11 Å². The Morgan fingerprint density at radius 3 is 2.19 bits per heavy atom. The average Bonchev–Trinajstić information content (AvgIpc) is 2.79. The zero-order valence-corrected chi connectivity index (χ0v) is 18.7. The predicted octanol–water partition coefficient (Wildman–Crippen LogP) is 5.10. The van der Waals surface area contributed by atoms with Crippen LogP contribution in [0.15, 0.2) is 78.9 Å². The van der Waals surface area contributed by atoms with Gasteiger partial charge in [-0.2, -0.15) is 0 Å². The molecule has 6 nitrogen and oxygen atoms in total. The van der Waals surface area contributed by atoms with Gasteiger partial charge in [0.25, 0.3) is 11.8 Å². The number of rotatable bonds is 7. The lowest BCUT2D eigenvalue weighted by molar-refractivity contribution is 0.0976. The highest BCUT2D eigenvalue weighted by Gasteiger charge is 2.14. The van der Waals surface area contributed by atoms with Crippen molar-refractivity contribution in [2.24, 2.45) is 5.92 Å². The van der Waals surface area contributed by atoms with Crippen molar-refractivity contribution < 1.29 is 14.3 Å². The van der Waals surface area contributed by atoms with Gasteiger partial charge in [0, 0.05) is 11.3 Å². The second-order valence-corrected chi connectivity index (χ2v) is 7.91. The first-order valence-electron chi connectivity index (χ1n) is 10.2. The summed E-state index contributed by atoms with van der Waals surface area (Å²) in [5, 5.41) is 8.51. The van der Waals surface area contributed by atoms with E-state index in [1.807, 2.05) is 18.2 Å². The van der Waals surface area contributed by atoms with E-state index in [-0.39, 0.29) is 16.9 Å². The number of hydrogen-bond acceptors (Lipinski definition) is 4. The van der Waals surface area contributed by atoms with Crippen LogP contribution in [0.3, 0.4) is 0 Å². The van der Waals surface area contributed by atoms with Crippen LogP contribution in [0.25, 0.3) is 0 Å². The number of anilines is 2. The number of hydrogen-bond donors (Lipinski definition) is 3. The van der Waals surface area contributed by atoms with E-state index in [4.69, 9.17) is 17.0 Å². The predicted molar refractivity (Wildman–Crippen MR) is 131 cm³/mol. The van der Waals surface area contributed by atoms with E-state index in [0.29, 0.717) is 40.8 Å². The second-order valence-electron chi connectivity index (χ2n) is 7.50. The summed E-state index contributed by atoms with van der Waals surface area (Å²) in [6.45, 7) is 4.75. The lowest BCUT2D eigenvalue weighted by atomic mass is 10.1. The number of thiocarbonyl (C=S) groups is 1. The van der Waals surface area contributed by atoms with Gasteiger partial charge in [-0.3, -0.25) is 14.9 Å². The van der Waals surface area contributed by atoms with E-state index in [0.717, 1.165) is 0 Å². The van der Waals surface area contributed by atoms with Crippen molar-refractivity contribution in [3.8, 4) is 5.75 Å². The summed E-state index contributed by atoms with van der Waals surface area (Å²) in [5.41, 5.74) is 2.02. The molecule has 0 saturated heterocycles. The minimum absolute atomic E-state index is 0.0927. The molecule has 0 aliphatic rings. The lowest BCUT2D eigenvalue weighted by Crippen LogP contribution is -2.34. The summed E-state index contributed by atoms with van der Waals surface area (Å²) in [6.07, 6.45) is 0. The van der Waals surface area contributed by atoms with Crippen molar-refractivity contribution in [3.05, 3.63) is 90.0 Å². The molecule has 0 spiro atoms. The molecular formula is C25H25N3O3S. The summed E-state index contributed by atoms with van der Waals surface area (Å²) < 4.78 is 5.63. The first kappa shape index (κ1) is 23.0.